The second-order valence-corrected chi connectivity index (χ2v) is 7.35. The zero-order chi connectivity index (χ0) is 21.3. The maximum absolute atomic E-state index is 12.9. The summed E-state index contributed by atoms with van der Waals surface area (Å²) >= 11 is 3.39. The highest BCUT2D eigenvalue weighted by atomic mass is 79.9. The van der Waals surface area contributed by atoms with Gasteiger partial charge in [-0.05, 0) is 41.5 Å². The van der Waals surface area contributed by atoms with Crippen molar-refractivity contribution in [3.63, 3.8) is 0 Å². The summed E-state index contributed by atoms with van der Waals surface area (Å²) in [6.45, 7) is 0.349. The van der Waals surface area contributed by atoms with Crippen LogP contribution in [0.25, 0.3) is 6.08 Å². The summed E-state index contributed by atoms with van der Waals surface area (Å²) in [6, 6.07) is 23.9. The number of para-hydroxylation sites is 1. The second kappa shape index (κ2) is 10.4. The molecule has 3 aromatic carbocycles. The molecule has 0 radical (unpaired) electrons. The van der Waals surface area contributed by atoms with Crippen molar-refractivity contribution in [3.8, 4) is 5.75 Å². The Kier molecular flexibility index (Phi) is 7.40. The third-order valence-corrected chi connectivity index (χ3v) is 4.85. The van der Waals surface area contributed by atoms with Gasteiger partial charge in [-0.1, -0.05) is 70.5 Å². The van der Waals surface area contributed by atoms with E-state index < -0.39 is 5.91 Å². The summed E-state index contributed by atoms with van der Waals surface area (Å²) in [7, 11) is 1.50. The van der Waals surface area contributed by atoms with Crippen LogP contribution in [0.15, 0.2) is 89.0 Å². The molecule has 0 bridgehead atoms. The van der Waals surface area contributed by atoms with Crippen LogP contribution in [-0.4, -0.2) is 18.9 Å². The molecule has 0 spiro atoms. The molecule has 0 aliphatic carbocycles. The number of benzene rings is 3. The van der Waals surface area contributed by atoms with Crippen molar-refractivity contribution in [1.29, 1.82) is 0 Å². The van der Waals surface area contributed by atoms with Crippen molar-refractivity contribution in [1.82, 2.24) is 10.6 Å². The van der Waals surface area contributed by atoms with Gasteiger partial charge in [-0.25, -0.2) is 0 Å². The first kappa shape index (κ1) is 21.3. The first-order valence-corrected chi connectivity index (χ1v) is 10.1. The third kappa shape index (κ3) is 5.81. The van der Waals surface area contributed by atoms with Crippen molar-refractivity contribution in [2.24, 2.45) is 0 Å². The Bertz CT molecular complexity index is 1050. The maximum atomic E-state index is 12.9. The number of amides is 2. The number of rotatable bonds is 7. The van der Waals surface area contributed by atoms with Crippen LogP contribution in [0.5, 0.6) is 5.75 Å². The van der Waals surface area contributed by atoms with E-state index in [1.165, 1.54) is 7.11 Å². The number of carbonyl (C=O) groups is 2. The first-order chi connectivity index (χ1) is 14.6. The Labute approximate surface area is 183 Å². The van der Waals surface area contributed by atoms with Crippen molar-refractivity contribution in [2.45, 2.75) is 6.54 Å². The second-order valence-electron chi connectivity index (χ2n) is 6.43. The highest BCUT2D eigenvalue weighted by Crippen LogP contribution is 2.18. The average molecular weight is 465 g/mol. The van der Waals surface area contributed by atoms with Gasteiger partial charge in [0.2, 0.25) is 0 Å². The van der Waals surface area contributed by atoms with Gasteiger partial charge in [0.1, 0.15) is 11.4 Å². The zero-order valence-corrected chi connectivity index (χ0v) is 18.0. The fourth-order valence-corrected chi connectivity index (χ4v) is 3.04. The number of halogens is 1. The summed E-state index contributed by atoms with van der Waals surface area (Å²) in [5.74, 6) is -0.377. The van der Waals surface area contributed by atoms with E-state index in [0.717, 1.165) is 15.6 Å². The summed E-state index contributed by atoms with van der Waals surface area (Å²) in [6.07, 6.45) is 1.64. The van der Waals surface area contributed by atoms with E-state index in [9.17, 15) is 9.59 Å². The van der Waals surface area contributed by atoms with Crippen LogP contribution in [0, 0.1) is 0 Å². The van der Waals surface area contributed by atoms with Crippen molar-refractivity contribution < 1.29 is 14.3 Å². The Balaban J connectivity index is 1.84. The maximum Gasteiger partial charge on any atom is 0.268 e. The number of methoxy groups -OCH3 is 1. The zero-order valence-electron chi connectivity index (χ0n) is 16.4. The number of hydrogen-bond acceptors (Lipinski definition) is 3. The highest BCUT2D eigenvalue weighted by Gasteiger charge is 2.17. The molecule has 0 fully saturated rings. The van der Waals surface area contributed by atoms with Gasteiger partial charge in [0.25, 0.3) is 11.8 Å². The van der Waals surface area contributed by atoms with E-state index in [0.29, 0.717) is 17.9 Å². The van der Waals surface area contributed by atoms with Gasteiger partial charge in [-0.3, -0.25) is 9.59 Å². The topological polar surface area (TPSA) is 67.4 Å². The number of ether oxygens (including phenoxy) is 1. The predicted octanol–water partition coefficient (Wildman–Crippen LogP) is 4.55. The molecule has 152 valence electrons. The van der Waals surface area contributed by atoms with Crippen molar-refractivity contribution >= 4 is 33.8 Å². The van der Waals surface area contributed by atoms with Crippen molar-refractivity contribution in [3.05, 3.63) is 106 Å². The smallest absolute Gasteiger partial charge is 0.268 e. The molecule has 2 N–H and O–H groups in total. The Hall–Kier alpha value is -3.38. The van der Waals surface area contributed by atoms with Gasteiger partial charge in [0.05, 0.1) is 12.7 Å². The Morgan fingerprint density at radius 1 is 0.933 bits per heavy atom. The van der Waals surface area contributed by atoms with E-state index in [1.54, 1.807) is 30.3 Å². The quantitative estimate of drug-likeness (QED) is 0.504. The molecule has 3 aromatic rings. The van der Waals surface area contributed by atoms with Crippen LogP contribution in [0.3, 0.4) is 0 Å². The van der Waals surface area contributed by atoms with Gasteiger partial charge in [0, 0.05) is 11.0 Å². The number of hydrogen-bond donors (Lipinski definition) is 2. The monoisotopic (exact) mass is 464 g/mol. The normalized spacial score (nSPS) is 10.9. The lowest BCUT2D eigenvalue weighted by Crippen LogP contribution is -2.34. The summed E-state index contributed by atoms with van der Waals surface area (Å²) in [5.41, 5.74) is 2.23. The molecule has 0 aromatic heterocycles. The summed E-state index contributed by atoms with van der Waals surface area (Å²) in [5, 5.41) is 5.58. The molecule has 6 heteroatoms. The lowest BCUT2D eigenvalue weighted by Gasteiger charge is -2.13. The molecule has 30 heavy (non-hydrogen) atoms. The fraction of sp³-hybridized carbons (Fsp3) is 0.0833. The number of nitrogens with one attached hydrogen (secondary N) is 2. The first-order valence-electron chi connectivity index (χ1n) is 9.30. The molecule has 0 heterocycles. The molecule has 0 saturated heterocycles. The largest absolute Gasteiger partial charge is 0.496 e. The van der Waals surface area contributed by atoms with Crippen LogP contribution in [-0.2, 0) is 11.3 Å². The molecule has 5 nitrogen and oxygen atoms in total. The molecular weight excluding hydrogens is 444 g/mol. The lowest BCUT2D eigenvalue weighted by atomic mass is 10.1. The minimum absolute atomic E-state index is 0.143. The van der Waals surface area contributed by atoms with Crippen LogP contribution in [0.4, 0.5) is 0 Å². The van der Waals surface area contributed by atoms with E-state index in [2.05, 4.69) is 26.6 Å². The van der Waals surface area contributed by atoms with Gasteiger partial charge in [-0.2, -0.15) is 0 Å². The molecule has 0 atom stereocenters. The van der Waals surface area contributed by atoms with Gasteiger partial charge < -0.3 is 15.4 Å². The number of carbonyl (C=O) groups excluding carboxylic acids is 2. The molecule has 0 unspecified atom stereocenters. The molecule has 0 aliphatic rings. The van der Waals surface area contributed by atoms with Crippen molar-refractivity contribution in [2.75, 3.05) is 7.11 Å². The standard InChI is InChI=1S/C24H21BrN2O3/c1-30-22-10-6-5-9-20(22)23(28)27-21(15-17-11-13-19(25)14-12-17)24(29)26-16-18-7-3-2-4-8-18/h2-15H,16H2,1H3,(H,26,29)(H,27,28)/b21-15+. The van der Waals surface area contributed by atoms with E-state index in [4.69, 9.17) is 4.74 Å². The van der Waals surface area contributed by atoms with Crippen LogP contribution < -0.4 is 15.4 Å². The van der Waals surface area contributed by atoms with Crippen LogP contribution in [0.2, 0.25) is 0 Å². The molecule has 0 saturated carbocycles. The average Bonchev–Trinajstić information content (AvgIpc) is 2.79. The van der Waals surface area contributed by atoms with E-state index in [-0.39, 0.29) is 11.6 Å². The van der Waals surface area contributed by atoms with Gasteiger partial charge in [0.15, 0.2) is 0 Å². The van der Waals surface area contributed by atoms with E-state index >= 15 is 0 Å². The Morgan fingerprint density at radius 3 is 2.30 bits per heavy atom. The molecule has 3 rings (SSSR count). The Morgan fingerprint density at radius 2 is 1.60 bits per heavy atom. The fourth-order valence-electron chi connectivity index (χ4n) is 2.78. The highest BCUT2D eigenvalue weighted by molar-refractivity contribution is 9.10. The van der Waals surface area contributed by atoms with Crippen LogP contribution in [0.1, 0.15) is 21.5 Å². The molecular formula is C24H21BrN2O3. The SMILES string of the molecule is COc1ccccc1C(=O)N/C(=C/c1ccc(Br)cc1)C(=O)NCc1ccccc1. The van der Waals surface area contributed by atoms with Gasteiger partial charge in [-0.15, -0.1) is 0 Å². The van der Waals surface area contributed by atoms with E-state index in [1.807, 2.05) is 54.6 Å². The van der Waals surface area contributed by atoms with Gasteiger partial charge >= 0.3 is 0 Å². The lowest BCUT2D eigenvalue weighted by molar-refractivity contribution is -0.117. The predicted molar refractivity (Wildman–Crippen MR) is 121 cm³/mol. The van der Waals surface area contributed by atoms with Crippen LogP contribution >= 0.6 is 15.9 Å². The third-order valence-electron chi connectivity index (χ3n) is 4.32. The molecule has 0 aliphatic heterocycles. The summed E-state index contributed by atoms with van der Waals surface area (Å²) in [4.78, 5) is 25.7. The minimum atomic E-state index is -0.425. The summed E-state index contributed by atoms with van der Waals surface area (Å²) < 4.78 is 6.18. The molecule has 2 amide bonds. The minimum Gasteiger partial charge on any atom is -0.496 e.